The van der Waals surface area contributed by atoms with Crippen molar-refractivity contribution in [1.82, 2.24) is 14.9 Å². The number of nitrogens with zero attached hydrogens (tertiary/aromatic N) is 2. The average Bonchev–Trinajstić information content (AvgIpc) is 3.28. The molecule has 4 aromatic rings. The van der Waals surface area contributed by atoms with Gasteiger partial charge in [-0.25, -0.2) is 13.8 Å². The van der Waals surface area contributed by atoms with Crippen LogP contribution in [0.25, 0.3) is 22.2 Å². The van der Waals surface area contributed by atoms with Crippen LogP contribution in [0.5, 0.6) is 0 Å². The molecule has 2 aromatic carbocycles. The molecule has 1 saturated heterocycles. The van der Waals surface area contributed by atoms with Crippen LogP contribution in [-0.4, -0.2) is 33.5 Å². The number of rotatable bonds is 5. The maximum Gasteiger partial charge on any atom is 0.138 e. The van der Waals surface area contributed by atoms with Gasteiger partial charge in [0.15, 0.2) is 0 Å². The van der Waals surface area contributed by atoms with Gasteiger partial charge >= 0.3 is 0 Å². The van der Waals surface area contributed by atoms with Gasteiger partial charge in [0.1, 0.15) is 17.3 Å². The number of hydrogen-bond acceptors (Lipinski definition) is 3. The third-order valence-electron chi connectivity index (χ3n) is 7.00. The van der Waals surface area contributed by atoms with Crippen LogP contribution >= 0.6 is 0 Å². The van der Waals surface area contributed by atoms with Gasteiger partial charge in [0.05, 0.1) is 0 Å². The van der Waals surface area contributed by atoms with Crippen molar-refractivity contribution in [3.05, 3.63) is 83.7 Å². The number of pyridine rings is 1. The Kier molecular flexibility index (Phi) is 6.32. The fraction of sp³-hybridized carbons (Fsp3) is 0.345. The van der Waals surface area contributed by atoms with Gasteiger partial charge in [0.2, 0.25) is 0 Å². The lowest BCUT2D eigenvalue weighted by molar-refractivity contribution is 0.0979. The van der Waals surface area contributed by atoms with E-state index in [1.807, 2.05) is 18.2 Å². The highest BCUT2D eigenvalue weighted by Crippen LogP contribution is 2.36. The molecule has 1 aliphatic heterocycles. The second-order valence-electron chi connectivity index (χ2n) is 10.5. The molecule has 1 aliphatic rings. The average molecular weight is 475 g/mol. The molecule has 2 aromatic heterocycles. The van der Waals surface area contributed by atoms with Gasteiger partial charge in [-0.05, 0) is 93.7 Å². The highest BCUT2D eigenvalue weighted by atomic mass is 19.1. The molecule has 1 unspecified atom stereocenters. The van der Waals surface area contributed by atoms with Crippen molar-refractivity contribution in [2.75, 3.05) is 18.4 Å². The summed E-state index contributed by atoms with van der Waals surface area (Å²) in [4.78, 5) is 10.6. The SMILES string of the molecule is CC(C)(C)N1CCCC(c2cc3c(-c4cc(NCc5cccc(F)c5)ccc4F)ccnc3[nH]2)C1. The first-order valence-corrected chi connectivity index (χ1v) is 12.3. The van der Waals surface area contributed by atoms with E-state index in [2.05, 4.69) is 47.0 Å². The number of hydrogen-bond donors (Lipinski definition) is 2. The van der Waals surface area contributed by atoms with Crippen LogP contribution < -0.4 is 5.32 Å². The summed E-state index contributed by atoms with van der Waals surface area (Å²) in [6.07, 6.45) is 4.01. The quantitative estimate of drug-likeness (QED) is 0.324. The molecule has 2 N–H and O–H groups in total. The van der Waals surface area contributed by atoms with Crippen LogP contribution in [0.3, 0.4) is 0 Å². The summed E-state index contributed by atoms with van der Waals surface area (Å²) in [5.74, 6) is -0.155. The Hall–Kier alpha value is -3.25. The molecule has 0 bridgehead atoms. The molecule has 0 spiro atoms. The number of fused-ring (bicyclic) bond motifs is 1. The van der Waals surface area contributed by atoms with Gasteiger partial charge in [-0.2, -0.15) is 0 Å². The minimum Gasteiger partial charge on any atom is -0.381 e. The van der Waals surface area contributed by atoms with Crippen LogP contribution in [0.15, 0.2) is 60.8 Å². The number of benzene rings is 2. The summed E-state index contributed by atoms with van der Waals surface area (Å²) in [6, 6.07) is 15.5. The lowest BCUT2D eigenvalue weighted by Crippen LogP contribution is -2.46. The summed E-state index contributed by atoms with van der Waals surface area (Å²) in [7, 11) is 0. The zero-order valence-electron chi connectivity index (χ0n) is 20.5. The molecule has 0 radical (unpaired) electrons. The normalized spacial score (nSPS) is 17.1. The number of anilines is 1. The van der Waals surface area contributed by atoms with Gasteiger partial charge in [0, 0.05) is 53.1 Å². The minimum absolute atomic E-state index is 0.135. The van der Waals surface area contributed by atoms with Crippen LogP contribution in [0.4, 0.5) is 14.5 Å². The van der Waals surface area contributed by atoms with Crippen molar-refractivity contribution in [3.63, 3.8) is 0 Å². The Morgan fingerprint density at radius 2 is 1.91 bits per heavy atom. The van der Waals surface area contributed by atoms with Crippen molar-refractivity contribution in [2.24, 2.45) is 0 Å². The number of nitrogens with one attached hydrogen (secondary N) is 2. The van der Waals surface area contributed by atoms with Gasteiger partial charge in [-0.3, -0.25) is 4.90 Å². The van der Waals surface area contributed by atoms with E-state index in [-0.39, 0.29) is 17.2 Å². The van der Waals surface area contributed by atoms with E-state index in [4.69, 9.17) is 0 Å². The topological polar surface area (TPSA) is 44.0 Å². The molecule has 0 saturated carbocycles. The lowest BCUT2D eigenvalue weighted by Gasteiger charge is -2.41. The van der Waals surface area contributed by atoms with Crippen molar-refractivity contribution < 1.29 is 8.78 Å². The number of H-pyrrole nitrogens is 1. The third kappa shape index (κ3) is 5.08. The minimum atomic E-state index is -0.284. The first-order valence-electron chi connectivity index (χ1n) is 12.3. The number of aromatic nitrogens is 2. The van der Waals surface area contributed by atoms with Gasteiger partial charge in [-0.15, -0.1) is 0 Å². The molecule has 6 heteroatoms. The highest BCUT2D eigenvalue weighted by molar-refractivity contribution is 5.94. The van der Waals surface area contributed by atoms with E-state index >= 15 is 4.39 Å². The number of likely N-dealkylation sites (tertiary alicyclic amines) is 1. The van der Waals surface area contributed by atoms with E-state index in [1.165, 1.54) is 18.2 Å². The Morgan fingerprint density at radius 1 is 1.06 bits per heavy atom. The van der Waals surface area contributed by atoms with Gasteiger partial charge in [0.25, 0.3) is 0 Å². The summed E-state index contributed by atoms with van der Waals surface area (Å²) in [5, 5.41) is 4.21. The first-order chi connectivity index (χ1) is 16.8. The Balaban J connectivity index is 1.44. The maximum atomic E-state index is 15.0. The van der Waals surface area contributed by atoms with E-state index < -0.39 is 0 Å². The van der Waals surface area contributed by atoms with Gasteiger partial charge in [-0.1, -0.05) is 12.1 Å². The smallest absolute Gasteiger partial charge is 0.138 e. The van der Waals surface area contributed by atoms with Gasteiger partial charge < -0.3 is 10.3 Å². The predicted molar refractivity (Wildman–Crippen MR) is 139 cm³/mol. The molecule has 0 amide bonds. The van der Waals surface area contributed by atoms with Crippen molar-refractivity contribution in [3.8, 4) is 11.1 Å². The van der Waals surface area contributed by atoms with Crippen LogP contribution in [0.2, 0.25) is 0 Å². The molecular weight excluding hydrogens is 442 g/mol. The second-order valence-corrected chi connectivity index (χ2v) is 10.5. The Morgan fingerprint density at radius 3 is 2.71 bits per heavy atom. The maximum absolute atomic E-state index is 15.0. The fourth-order valence-corrected chi connectivity index (χ4v) is 5.03. The zero-order valence-corrected chi connectivity index (χ0v) is 20.5. The summed E-state index contributed by atoms with van der Waals surface area (Å²) in [6.45, 7) is 9.35. The molecule has 0 aliphatic carbocycles. The predicted octanol–water partition coefficient (Wildman–Crippen LogP) is 7.10. The lowest BCUT2D eigenvalue weighted by atomic mass is 9.91. The molecule has 5 rings (SSSR count). The van der Waals surface area contributed by atoms with Crippen molar-refractivity contribution in [1.29, 1.82) is 0 Å². The molecule has 4 nitrogen and oxygen atoms in total. The molecular formula is C29H32F2N4. The van der Waals surface area contributed by atoms with E-state index in [0.717, 1.165) is 59.5 Å². The monoisotopic (exact) mass is 474 g/mol. The van der Waals surface area contributed by atoms with Crippen molar-refractivity contribution in [2.45, 2.75) is 51.6 Å². The highest BCUT2D eigenvalue weighted by Gasteiger charge is 2.29. The third-order valence-corrected chi connectivity index (χ3v) is 7.00. The second kappa shape index (κ2) is 9.42. The molecule has 3 heterocycles. The van der Waals surface area contributed by atoms with E-state index in [1.54, 1.807) is 18.3 Å². The molecule has 35 heavy (non-hydrogen) atoms. The van der Waals surface area contributed by atoms with E-state index in [0.29, 0.717) is 18.0 Å². The summed E-state index contributed by atoms with van der Waals surface area (Å²) >= 11 is 0. The summed E-state index contributed by atoms with van der Waals surface area (Å²) < 4.78 is 28.5. The molecule has 182 valence electrons. The van der Waals surface area contributed by atoms with Crippen LogP contribution in [0.1, 0.15) is 50.8 Å². The Bertz CT molecular complexity index is 1340. The largest absolute Gasteiger partial charge is 0.381 e. The van der Waals surface area contributed by atoms with Crippen LogP contribution in [0, 0.1) is 11.6 Å². The fourth-order valence-electron chi connectivity index (χ4n) is 5.03. The zero-order chi connectivity index (χ0) is 24.6. The first kappa shape index (κ1) is 23.5. The summed E-state index contributed by atoms with van der Waals surface area (Å²) in [5.41, 5.74) is 5.02. The molecule has 1 fully saturated rings. The Labute approximate surface area is 205 Å². The number of piperidine rings is 1. The standard InChI is InChI=1S/C29H32F2N4/c1-29(2,3)35-13-5-7-20(18-35)27-16-25-23(11-12-32-28(25)34-27)24-15-22(9-10-26(24)31)33-17-19-6-4-8-21(30)14-19/h4,6,8-12,14-16,20,33H,5,7,13,17-18H2,1-3H3,(H,32,34). The van der Waals surface area contributed by atoms with Crippen LogP contribution in [-0.2, 0) is 6.54 Å². The number of halogens is 2. The van der Waals surface area contributed by atoms with Crippen molar-refractivity contribution >= 4 is 16.7 Å². The number of aromatic amines is 1. The van der Waals surface area contributed by atoms with E-state index in [9.17, 15) is 4.39 Å². The molecule has 1 atom stereocenters.